The van der Waals surface area contributed by atoms with Crippen LogP contribution in [0.2, 0.25) is 0 Å². The summed E-state index contributed by atoms with van der Waals surface area (Å²) in [6.45, 7) is 9.96. The molecule has 12 heteroatoms. The van der Waals surface area contributed by atoms with Gasteiger partial charge in [0, 0.05) is 26.1 Å². The van der Waals surface area contributed by atoms with E-state index in [1.165, 1.54) is 0 Å². The van der Waals surface area contributed by atoms with Crippen molar-refractivity contribution in [2.75, 3.05) is 93.7 Å². The molecule has 0 fully saturated rings. The third kappa shape index (κ3) is 26.3. The fourth-order valence-corrected chi connectivity index (χ4v) is 4.35. The van der Waals surface area contributed by atoms with E-state index in [4.69, 9.17) is 10.5 Å². The van der Waals surface area contributed by atoms with Gasteiger partial charge in [-0.3, -0.25) is 9.59 Å². The molecule has 2 amide bonds. The van der Waals surface area contributed by atoms with E-state index in [1.807, 2.05) is 35.1 Å². The fraction of sp³-hybridized carbons (Fsp3) is 0.903. The number of carbonyl (C=O) groups excluding carboxylic acids is 3. The summed E-state index contributed by atoms with van der Waals surface area (Å²) in [6, 6.07) is -1.41. The lowest BCUT2D eigenvalue weighted by Crippen LogP contribution is -2.52. The van der Waals surface area contributed by atoms with Crippen molar-refractivity contribution < 1.29 is 19.1 Å². The molecule has 254 valence electrons. The molecule has 43 heavy (non-hydrogen) atoms. The quantitative estimate of drug-likeness (QED) is 0.0503. The summed E-state index contributed by atoms with van der Waals surface area (Å²) in [5.74, 6) is -0.888. The average molecular weight is 615 g/mol. The normalized spacial score (nSPS) is 12.8. The molecule has 0 aliphatic rings. The van der Waals surface area contributed by atoms with Crippen molar-refractivity contribution in [3.8, 4) is 0 Å². The Morgan fingerprint density at radius 1 is 0.674 bits per heavy atom. The van der Waals surface area contributed by atoms with Crippen LogP contribution in [0.25, 0.3) is 0 Å². The van der Waals surface area contributed by atoms with Crippen LogP contribution in [-0.4, -0.2) is 133 Å². The van der Waals surface area contributed by atoms with Crippen molar-refractivity contribution in [2.45, 2.75) is 89.6 Å². The zero-order chi connectivity index (χ0) is 32.1. The van der Waals surface area contributed by atoms with Crippen molar-refractivity contribution in [3.05, 3.63) is 0 Å². The molecular formula is C31H66N8O4. The van der Waals surface area contributed by atoms with Crippen LogP contribution in [0.5, 0.6) is 0 Å². The first-order chi connectivity index (χ1) is 20.7. The van der Waals surface area contributed by atoms with Gasteiger partial charge >= 0.3 is 5.97 Å². The number of amides is 2. The molecular weight excluding hydrogens is 548 g/mol. The van der Waals surface area contributed by atoms with Gasteiger partial charge < -0.3 is 46.9 Å². The summed E-state index contributed by atoms with van der Waals surface area (Å²) < 4.78 is 5.46. The van der Waals surface area contributed by atoms with Gasteiger partial charge in [-0.2, -0.15) is 0 Å². The summed E-state index contributed by atoms with van der Waals surface area (Å²) in [6.07, 6.45) is 8.39. The summed E-state index contributed by atoms with van der Waals surface area (Å²) in [4.78, 5) is 43.2. The minimum absolute atomic E-state index is 0.171. The van der Waals surface area contributed by atoms with Gasteiger partial charge in [0.15, 0.2) is 0 Å². The van der Waals surface area contributed by atoms with E-state index < -0.39 is 18.1 Å². The largest absolute Gasteiger partial charge is 0.464 e. The van der Waals surface area contributed by atoms with E-state index >= 15 is 0 Å². The molecule has 7 N–H and O–H groups in total. The van der Waals surface area contributed by atoms with Crippen molar-refractivity contribution in [2.24, 2.45) is 5.73 Å². The molecule has 0 aromatic rings. The number of esters is 1. The number of nitrogens with two attached hydrogens (primary N) is 1. The van der Waals surface area contributed by atoms with E-state index in [0.29, 0.717) is 32.5 Å². The molecule has 0 aliphatic heterocycles. The topological polar surface area (TPSA) is 153 Å². The summed E-state index contributed by atoms with van der Waals surface area (Å²) >= 11 is 0. The Bertz CT molecular complexity index is 697. The van der Waals surface area contributed by atoms with E-state index in [-0.39, 0.29) is 18.2 Å². The number of hydrogen-bond donors (Lipinski definition) is 6. The van der Waals surface area contributed by atoms with E-state index in [9.17, 15) is 14.4 Å². The van der Waals surface area contributed by atoms with Crippen molar-refractivity contribution in [3.63, 3.8) is 0 Å². The number of rotatable bonds is 30. The zero-order valence-corrected chi connectivity index (χ0v) is 28.1. The number of ether oxygens (including phenoxy) is 1. The van der Waals surface area contributed by atoms with Gasteiger partial charge in [-0.15, -0.1) is 0 Å². The molecule has 0 radical (unpaired) electrons. The second kappa shape index (κ2) is 28.9. The maximum atomic E-state index is 13.4. The van der Waals surface area contributed by atoms with Crippen LogP contribution >= 0.6 is 0 Å². The van der Waals surface area contributed by atoms with Gasteiger partial charge in [0.25, 0.3) is 0 Å². The van der Waals surface area contributed by atoms with Gasteiger partial charge in [0.05, 0.1) is 6.61 Å². The monoisotopic (exact) mass is 615 g/mol. The Morgan fingerprint density at radius 3 is 1.79 bits per heavy atom. The SMILES string of the molecule is CCCCOC(=O)C(CCCCN(C)C)NC(=O)C(CCCCN(C)C)NC(=O)CCNCCCNCCNCCCN. The van der Waals surface area contributed by atoms with Gasteiger partial charge in [-0.05, 0) is 125 Å². The molecule has 0 aliphatic carbocycles. The van der Waals surface area contributed by atoms with Gasteiger partial charge in [0.1, 0.15) is 12.1 Å². The Balaban J connectivity index is 4.79. The van der Waals surface area contributed by atoms with Crippen molar-refractivity contribution >= 4 is 17.8 Å². The first-order valence-electron chi connectivity index (χ1n) is 16.6. The minimum atomic E-state index is -0.718. The maximum absolute atomic E-state index is 13.4. The van der Waals surface area contributed by atoms with Crippen LogP contribution < -0.4 is 32.3 Å². The van der Waals surface area contributed by atoms with Gasteiger partial charge in [-0.1, -0.05) is 13.3 Å². The molecule has 0 aromatic carbocycles. The van der Waals surface area contributed by atoms with Crippen LogP contribution in [0.4, 0.5) is 0 Å². The highest BCUT2D eigenvalue weighted by Crippen LogP contribution is 2.08. The average Bonchev–Trinajstić information content (AvgIpc) is 2.96. The van der Waals surface area contributed by atoms with E-state index in [0.717, 1.165) is 97.2 Å². The van der Waals surface area contributed by atoms with Crippen LogP contribution in [0.1, 0.15) is 77.6 Å². The summed E-state index contributed by atoms with van der Waals surface area (Å²) in [5.41, 5.74) is 5.48. The van der Waals surface area contributed by atoms with Gasteiger partial charge in [-0.25, -0.2) is 4.79 Å². The summed E-state index contributed by atoms with van der Waals surface area (Å²) in [7, 11) is 8.06. The maximum Gasteiger partial charge on any atom is 0.328 e. The molecule has 0 heterocycles. The van der Waals surface area contributed by atoms with Crippen molar-refractivity contribution in [1.82, 2.24) is 36.4 Å². The number of unbranched alkanes of at least 4 members (excludes halogenated alkanes) is 3. The Hall–Kier alpha value is -1.83. The van der Waals surface area contributed by atoms with E-state index in [2.05, 4.69) is 36.4 Å². The minimum Gasteiger partial charge on any atom is -0.464 e. The van der Waals surface area contributed by atoms with Gasteiger partial charge in [0.2, 0.25) is 11.8 Å². The molecule has 2 atom stereocenters. The molecule has 12 nitrogen and oxygen atoms in total. The molecule has 0 aromatic heterocycles. The Morgan fingerprint density at radius 2 is 1.23 bits per heavy atom. The molecule has 0 saturated heterocycles. The lowest BCUT2D eigenvalue weighted by molar-refractivity contribution is -0.148. The molecule has 0 spiro atoms. The highest BCUT2D eigenvalue weighted by Gasteiger charge is 2.27. The third-order valence-electron chi connectivity index (χ3n) is 6.96. The molecule has 0 saturated carbocycles. The first-order valence-corrected chi connectivity index (χ1v) is 16.6. The predicted molar refractivity (Wildman–Crippen MR) is 176 cm³/mol. The van der Waals surface area contributed by atoms with Crippen LogP contribution in [-0.2, 0) is 19.1 Å². The number of nitrogens with zero attached hydrogens (tertiary/aromatic N) is 2. The number of nitrogens with one attached hydrogen (secondary N) is 5. The second-order valence-electron chi connectivity index (χ2n) is 11.8. The highest BCUT2D eigenvalue weighted by atomic mass is 16.5. The Labute approximate surface area is 262 Å². The zero-order valence-electron chi connectivity index (χ0n) is 28.1. The molecule has 2 unspecified atom stereocenters. The lowest BCUT2D eigenvalue weighted by atomic mass is 10.1. The predicted octanol–water partition coefficient (Wildman–Crippen LogP) is 0.661. The highest BCUT2D eigenvalue weighted by molar-refractivity contribution is 5.90. The number of hydrogen-bond acceptors (Lipinski definition) is 10. The van der Waals surface area contributed by atoms with Crippen LogP contribution in [0.15, 0.2) is 0 Å². The van der Waals surface area contributed by atoms with Crippen LogP contribution in [0.3, 0.4) is 0 Å². The Kier molecular flexibility index (Phi) is 27.7. The van der Waals surface area contributed by atoms with Crippen LogP contribution in [0, 0.1) is 0 Å². The molecule has 0 bridgehead atoms. The summed E-state index contributed by atoms with van der Waals surface area (Å²) in [5, 5.41) is 15.9. The third-order valence-corrected chi connectivity index (χ3v) is 6.96. The number of carbonyl (C=O) groups is 3. The lowest BCUT2D eigenvalue weighted by Gasteiger charge is -2.23. The smallest absolute Gasteiger partial charge is 0.328 e. The standard InChI is InChI=1S/C31H66N8O4/c1-6-7-26-43-31(42)28(15-9-11-25-39(4)5)37-30(41)27(14-8-10-24-38(2)3)36-29(40)16-21-33-19-13-20-35-23-22-34-18-12-17-32/h27-28,33-35H,6-26,32H2,1-5H3,(H,36,40)(H,37,41). The first kappa shape index (κ1) is 41.2. The second-order valence-corrected chi connectivity index (χ2v) is 11.8. The fourth-order valence-electron chi connectivity index (χ4n) is 4.35. The molecule has 0 rings (SSSR count). The van der Waals surface area contributed by atoms with E-state index in [1.54, 1.807) is 0 Å². The van der Waals surface area contributed by atoms with Crippen molar-refractivity contribution in [1.29, 1.82) is 0 Å².